The fraction of sp³-hybridized carbons (Fsp3) is 0.273. The number of pyridine rings is 2. The lowest BCUT2D eigenvalue weighted by molar-refractivity contribution is -0.137. The van der Waals surface area contributed by atoms with Crippen molar-refractivity contribution in [2.24, 2.45) is 20.5 Å². The van der Waals surface area contributed by atoms with Crippen LogP contribution in [0.2, 0.25) is 0 Å². The van der Waals surface area contributed by atoms with Gasteiger partial charge in [0.05, 0.1) is 11.3 Å². The minimum Gasteiger partial charge on any atom is -0.261 e. The third kappa shape index (κ3) is 6.77. The molecule has 9 heteroatoms. The maximum absolute atomic E-state index is 12.7. The smallest absolute Gasteiger partial charge is 0.261 e. The fourth-order valence-electron chi connectivity index (χ4n) is 2.59. The quantitative estimate of drug-likeness (QED) is 0.352. The van der Waals surface area contributed by atoms with Crippen LogP contribution in [0.5, 0.6) is 0 Å². The highest BCUT2D eigenvalue weighted by atomic mass is 19.4. The van der Waals surface area contributed by atoms with Crippen molar-refractivity contribution in [3.8, 4) is 0 Å². The summed E-state index contributed by atoms with van der Waals surface area (Å²) in [5.41, 5.74) is 1.42. The number of azo groups is 2. The van der Waals surface area contributed by atoms with Crippen LogP contribution in [0.15, 0.2) is 87.4 Å². The highest BCUT2D eigenvalue weighted by molar-refractivity contribution is 5.35. The van der Waals surface area contributed by atoms with Gasteiger partial charge in [-0.3, -0.25) is 4.98 Å². The number of aromatic nitrogens is 2. The summed E-state index contributed by atoms with van der Waals surface area (Å²) in [6.07, 6.45) is 0.119. The SMILES string of the molecule is CCCCc1ccc(C(N=Nc2ccccc2)N=Nc2ccc(C(F)(F)F)cn2)cn1. The second kappa shape index (κ2) is 10.5. The predicted octanol–water partition coefficient (Wildman–Crippen LogP) is 7.40. The molecule has 0 bridgehead atoms. The molecule has 0 saturated heterocycles. The number of alkyl halides is 3. The molecule has 0 aliphatic carbocycles. The first-order valence-electron chi connectivity index (χ1n) is 9.80. The average molecular weight is 426 g/mol. The Hall–Kier alpha value is -3.49. The van der Waals surface area contributed by atoms with Gasteiger partial charge in [0.1, 0.15) is 0 Å². The van der Waals surface area contributed by atoms with Crippen LogP contribution in [0.3, 0.4) is 0 Å². The van der Waals surface area contributed by atoms with Gasteiger partial charge in [0.25, 0.3) is 0 Å². The van der Waals surface area contributed by atoms with Crippen molar-refractivity contribution in [1.82, 2.24) is 9.97 Å². The fourth-order valence-corrected chi connectivity index (χ4v) is 2.59. The Bertz CT molecular complexity index is 1000. The highest BCUT2D eigenvalue weighted by Gasteiger charge is 2.30. The number of benzene rings is 1. The van der Waals surface area contributed by atoms with Crippen molar-refractivity contribution in [3.63, 3.8) is 0 Å². The number of halogens is 3. The molecule has 0 radical (unpaired) electrons. The van der Waals surface area contributed by atoms with Crippen molar-refractivity contribution < 1.29 is 13.2 Å². The molecule has 6 nitrogen and oxygen atoms in total. The lowest BCUT2D eigenvalue weighted by Gasteiger charge is -2.07. The summed E-state index contributed by atoms with van der Waals surface area (Å²) >= 11 is 0. The molecule has 0 aliphatic rings. The van der Waals surface area contributed by atoms with Crippen molar-refractivity contribution in [3.05, 3.63) is 83.8 Å². The Labute approximate surface area is 178 Å². The van der Waals surface area contributed by atoms with Crippen LogP contribution in [0.1, 0.15) is 42.8 Å². The van der Waals surface area contributed by atoms with Crippen molar-refractivity contribution in [1.29, 1.82) is 0 Å². The standard InChI is InChI=1S/C22H21F3N6/c1-2-3-7-18-12-10-16(14-26-18)21(30-28-19-8-5-4-6-9-19)31-29-20-13-11-17(15-27-20)22(23,24)25/h4-6,8-15,21H,2-3,7H2,1H3. The first-order chi connectivity index (χ1) is 15.0. The van der Waals surface area contributed by atoms with E-state index in [9.17, 15) is 13.2 Å². The molecule has 0 spiro atoms. The number of hydrogen-bond donors (Lipinski definition) is 0. The average Bonchev–Trinajstić information content (AvgIpc) is 2.78. The number of hydrogen-bond acceptors (Lipinski definition) is 6. The van der Waals surface area contributed by atoms with Crippen LogP contribution < -0.4 is 0 Å². The second-order valence-corrected chi connectivity index (χ2v) is 6.73. The molecule has 160 valence electrons. The van der Waals surface area contributed by atoms with Crippen molar-refractivity contribution in [2.75, 3.05) is 0 Å². The van der Waals surface area contributed by atoms with Gasteiger partial charge in [-0.1, -0.05) is 37.6 Å². The third-order valence-corrected chi connectivity index (χ3v) is 4.32. The summed E-state index contributed by atoms with van der Waals surface area (Å²) in [5.74, 6) is 0.0421. The zero-order valence-corrected chi connectivity index (χ0v) is 16.9. The largest absolute Gasteiger partial charge is 0.417 e. The minimum absolute atomic E-state index is 0.0421. The second-order valence-electron chi connectivity index (χ2n) is 6.73. The maximum Gasteiger partial charge on any atom is 0.417 e. The summed E-state index contributed by atoms with van der Waals surface area (Å²) in [4.78, 5) is 8.15. The Morgan fingerprint density at radius 3 is 2.26 bits per heavy atom. The molecule has 0 saturated carbocycles. The van der Waals surface area contributed by atoms with Gasteiger partial charge in [-0.2, -0.15) is 28.5 Å². The van der Waals surface area contributed by atoms with Gasteiger partial charge in [0.15, 0.2) is 5.82 Å². The van der Waals surface area contributed by atoms with E-state index in [1.807, 2.05) is 30.3 Å². The summed E-state index contributed by atoms with van der Waals surface area (Å²) in [6, 6.07) is 14.9. The molecule has 31 heavy (non-hydrogen) atoms. The molecule has 0 fully saturated rings. The van der Waals surface area contributed by atoms with E-state index in [0.29, 0.717) is 11.3 Å². The van der Waals surface area contributed by atoms with E-state index in [0.717, 1.165) is 43.3 Å². The number of aryl methyl sites for hydroxylation is 1. The van der Waals surface area contributed by atoms with Crippen LogP contribution in [-0.2, 0) is 12.6 Å². The Kier molecular flexibility index (Phi) is 7.53. The number of nitrogens with zero attached hydrogens (tertiary/aromatic N) is 6. The van der Waals surface area contributed by atoms with Gasteiger partial charge in [-0.15, -0.1) is 5.11 Å². The molecule has 2 heterocycles. The molecule has 0 N–H and O–H groups in total. The molecule has 1 aromatic carbocycles. The first kappa shape index (κ1) is 22.2. The van der Waals surface area contributed by atoms with E-state index in [2.05, 4.69) is 37.3 Å². The van der Waals surface area contributed by atoms with Crippen LogP contribution in [0, 0.1) is 0 Å². The third-order valence-electron chi connectivity index (χ3n) is 4.32. The zero-order valence-electron chi connectivity index (χ0n) is 16.9. The van der Waals surface area contributed by atoms with E-state index >= 15 is 0 Å². The molecule has 0 aliphatic heterocycles. The minimum atomic E-state index is -4.46. The zero-order chi connectivity index (χ0) is 22.1. The molecule has 0 amide bonds. The van der Waals surface area contributed by atoms with Gasteiger partial charge in [-0.05, 0) is 43.2 Å². The summed E-state index contributed by atoms with van der Waals surface area (Å²) < 4.78 is 38.1. The Morgan fingerprint density at radius 1 is 0.871 bits per heavy atom. The number of rotatable bonds is 8. The molecular weight excluding hydrogens is 405 g/mol. The van der Waals surface area contributed by atoms with Crippen LogP contribution in [-0.4, -0.2) is 9.97 Å². The van der Waals surface area contributed by atoms with Crippen LogP contribution >= 0.6 is 0 Å². The lowest BCUT2D eigenvalue weighted by Crippen LogP contribution is -2.04. The molecular formula is C22H21F3N6. The molecule has 3 rings (SSSR count). The first-order valence-corrected chi connectivity index (χ1v) is 9.80. The van der Waals surface area contributed by atoms with Gasteiger partial charge in [0.2, 0.25) is 6.17 Å². The summed E-state index contributed by atoms with van der Waals surface area (Å²) in [5, 5.41) is 16.5. The van der Waals surface area contributed by atoms with Gasteiger partial charge in [-0.25, -0.2) is 4.98 Å². The lowest BCUT2D eigenvalue weighted by atomic mass is 10.1. The summed E-state index contributed by atoms with van der Waals surface area (Å²) in [7, 11) is 0. The van der Waals surface area contributed by atoms with E-state index in [1.54, 1.807) is 18.3 Å². The maximum atomic E-state index is 12.7. The van der Waals surface area contributed by atoms with Gasteiger partial charge < -0.3 is 0 Å². The predicted molar refractivity (Wildman–Crippen MR) is 110 cm³/mol. The summed E-state index contributed by atoms with van der Waals surface area (Å²) in [6.45, 7) is 2.12. The topological polar surface area (TPSA) is 75.2 Å². The van der Waals surface area contributed by atoms with E-state index in [1.165, 1.54) is 0 Å². The number of unbranched alkanes of at least 4 members (excludes halogenated alkanes) is 1. The van der Waals surface area contributed by atoms with Crippen LogP contribution in [0.4, 0.5) is 24.7 Å². The highest BCUT2D eigenvalue weighted by Crippen LogP contribution is 2.30. The molecule has 2 aromatic heterocycles. The van der Waals surface area contributed by atoms with Crippen molar-refractivity contribution >= 4 is 11.5 Å². The van der Waals surface area contributed by atoms with E-state index < -0.39 is 17.9 Å². The Morgan fingerprint density at radius 2 is 1.65 bits per heavy atom. The van der Waals surface area contributed by atoms with Crippen LogP contribution in [0.25, 0.3) is 0 Å². The molecule has 1 unspecified atom stereocenters. The van der Waals surface area contributed by atoms with E-state index in [-0.39, 0.29) is 5.82 Å². The van der Waals surface area contributed by atoms with Gasteiger partial charge in [0, 0.05) is 23.7 Å². The Balaban J connectivity index is 1.83. The monoisotopic (exact) mass is 426 g/mol. The van der Waals surface area contributed by atoms with E-state index in [4.69, 9.17) is 0 Å². The van der Waals surface area contributed by atoms with Gasteiger partial charge >= 0.3 is 6.18 Å². The normalized spacial score (nSPS) is 13.2. The molecule has 3 aromatic rings. The molecule has 1 atom stereocenters. The van der Waals surface area contributed by atoms with Crippen molar-refractivity contribution in [2.45, 2.75) is 38.5 Å².